The maximum absolute atomic E-state index is 12.2. The maximum atomic E-state index is 12.2. The molecule has 0 bridgehead atoms. The summed E-state index contributed by atoms with van der Waals surface area (Å²) in [6.07, 6.45) is 3.21. The molecule has 1 heterocycles. The lowest BCUT2D eigenvalue weighted by Crippen LogP contribution is -2.27. The molecule has 1 aromatic carbocycles. The van der Waals surface area contributed by atoms with Crippen LogP contribution >= 0.6 is 0 Å². The molecule has 158 valence electrons. The zero-order valence-corrected chi connectivity index (χ0v) is 17.3. The average Bonchev–Trinajstić information content (AvgIpc) is 2.71. The summed E-state index contributed by atoms with van der Waals surface area (Å²) in [6.45, 7) is 7.48. The normalized spacial score (nSPS) is 9.90. The SMILES string of the molecule is CC(=O)O.CCOCCOc1ccc(CCNC(=O)c2ncccc2CC)cc1. The molecule has 0 saturated heterocycles. The van der Waals surface area contributed by atoms with Crippen LogP contribution in [-0.2, 0) is 22.4 Å². The van der Waals surface area contributed by atoms with Crippen LogP contribution in [-0.4, -0.2) is 48.3 Å². The number of nitrogens with one attached hydrogen (secondary N) is 1. The second-order valence-electron chi connectivity index (χ2n) is 6.08. The highest BCUT2D eigenvalue weighted by Crippen LogP contribution is 2.12. The fraction of sp³-hybridized carbons (Fsp3) is 0.409. The number of aliphatic carboxylic acids is 1. The molecular formula is C22H30N2O5. The van der Waals surface area contributed by atoms with Gasteiger partial charge in [-0.1, -0.05) is 25.1 Å². The van der Waals surface area contributed by atoms with E-state index in [1.54, 1.807) is 6.20 Å². The van der Waals surface area contributed by atoms with Gasteiger partial charge in [0.15, 0.2) is 0 Å². The number of aryl methyl sites for hydroxylation is 1. The van der Waals surface area contributed by atoms with Gasteiger partial charge in [-0.05, 0) is 49.1 Å². The first-order valence-corrected chi connectivity index (χ1v) is 9.69. The summed E-state index contributed by atoms with van der Waals surface area (Å²) < 4.78 is 10.8. The van der Waals surface area contributed by atoms with Gasteiger partial charge in [-0.3, -0.25) is 14.6 Å². The van der Waals surface area contributed by atoms with Crippen LogP contribution in [0.5, 0.6) is 5.75 Å². The molecule has 0 fully saturated rings. The average molecular weight is 402 g/mol. The van der Waals surface area contributed by atoms with Gasteiger partial charge in [-0.15, -0.1) is 0 Å². The van der Waals surface area contributed by atoms with Gasteiger partial charge >= 0.3 is 0 Å². The summed E-state index contributed by atoms with van der Waals surface area (Å²) in [4.78, 5) is 25.4. The van der Waals surface area contributed by atoms with Crippen LogP contribution in [0.3, 0.4) is 0 Å². The fourth-order valence-electron chi connectivity index (χ4n) is 2.45. The Kier molecular flexibility index (Phi) is 11.7. The summed E-state index contributed by atoms with van der Waals surface area (Å²) in [7, 11) is 0. The molecule has 0 radical (unpaired) electrons. The van der Waals surface area contributed by atoms with Crippen molar-refractivity contribution in [3.63, 3.8) is 0 Å². The Hall–Kier alpha value is -2.93. The largest absolute Gasteiger partial charge is 0.491 e. The van der Waals surface area contributed by atoms with Gasteiger partial charge in [0.25, 0.3) is 11.9 Å². The van der Waals surface area contributed by atoms with Crippen molar-refractivity contribution in [2.24, 2.45) is 0 Å². The number of benzene rings is 1. The predicted molar refractivity (Wildman–Crippen MR) is 111 cm³/mol. The molecule has 29 heavy (non-hydrogen) atoms. The Morgan fingerprint density at radius 3 is 2.41 bits per heavy atom. The Balaban J connectivity index is 0.000000960. The molecule has 7 heteroatoms. The number of pyridine rings is 1. The number of aromatic nitrogens is 1. The number of rotatable bonds is 10. The summed E-state index contributed by atoms with van der Waals surface area (Å²) in [5, 5.41) is 10.4. The number of ether oxygens (including phenoxy) is 2. The van der Waals surface area contributed by atoms with Crippen LogP contribution in [0.1, 0.15) is 42.4 Å². The molecule has 0 aliphatic carbocycles. The molecule has 0 aliphatic rings. The van der Waals surface area contributed by atoms with Gasteiger partial charge in [0, 0.05) is 26.3 Å². The molecule has 0 spiro atoms. The third-order valence-electron chi connectivity index (χ3n) is 3.81. The molecule has 0 atom stereocenters. The Bertz CT molecular complexity index is 743. The van der Waals surface area contributed by atoms with E-state index in [1.165, 1.54) is 0 Å². The summed E-state index contributed by atoms with van der Waals surface area (Å²) in [5.41, 5.74) is 2.63. The monoisotopic (exact) mass is 402 g/mol. The molecule has 1 amide bonds. The Morgan fingerprint density at radius 2 is 1.79 bits per heavy atom. The summed E-state index contributed by atoms with van der Waals surface area (Å²) >= 11 is 0. The van der Waals surface area contributed by atoms with E-state index in [4.69, 9.17) is 19.4 Å². The lowest BCUT2D eigenvalue weighted by molar-refractivity contribution is -0.134. The highest BCUT2D eigenvalue weighted by Gasteiger charge is 2.10. The van der Waals surface area contributed by atoms with Crippen molar-refractivity contribution in [2.45, 2.75) is 33.6 Å². The van der Waals surface area contributed by atoms with E-state index in [0.29, 0.717) is 32.1 Å². The van der Waals surface area contributed by atoms with E-state index in [1.807, 2.05) is 50.2 Å². The van der Waals surface area contributed by atoms with Crippen molar-refractivity contribution in [1.82, 2.24) is 10.3 Å². The van der Waals surface area contributed by atoms with Crippen molar-refractivity contribution in [2.75, 3.05) is 26.4 Å². The molecule has 1 aromatic heterocycles. The van der Waals surface area contributed by atoms with E-state index in [2.05, 4.69) is 10.3 Å². The van der Waals surface area contributed by atoms with Crippen molar-refractivity contribution in [1.29, 1.82) is 0 Å². The minimum atomic E-state index is -0.833. The third kappa shape index (κ3) is 10.3. The zero-order chi connectivity index (χ0) is 21.5. The molecule has 2 rings (SSSR count). The van der Waals surface area contributed by atoms with Crippen molar-refractivity contribution in [3.05, 3.63) is 59.4 Å². The van der Waals surface area contributed by atoms with Gasteiger partial charge < -0.3 is 19.9 Å². The number of carbonyl (C=O) groups is 2. The molecule has 2 N–H and O–H groups in total. The number of carboxylic acids is 1. The van der Waals surface area contributed by atoms with Gasteiger partial charge in [-0.2, -0.15) is 0 Å². The number of hydrogen-bond acceptors (Lipinski definition) is 5. The van der Waals surface area contributed by atoms with Crippen molar-refractivity contribution >= 4 is 11.9 Å². The second-order valence-corrected chi connectivity index (χ2v) is 6.08. The van der Waals surface area contributed by atoms with E-state index < -0.39 is 5.97 Å². The first kappa shape index (κ1) is 24.1. The van der Waals surface area contributed by atoms with Crippen LogP contribution in [0.4, 0.5) is 0 Å². The van der Waals surface area contributed by atoms with Crippen LogP contribution in [0.2, 0.25) is 0 Å². The lowest BCUT2D eigenvalue weighted by Gasteiger charge is -2.09. The van der Waals surface area contributed by atoms with Crippen LogP contribution in [0.15, 0.2) is 42.6 Å². The first-order valence-electron chi connectivity index (χ1n) is 9.69. The molecule has 0 aliphatic heterocycles. The van der Waals surface area contributed by atoms with Crippen LogP contribution in [0.25, 0.3) is 0 Å². The standard InChI is InChI=1S/C20H26N2O3.C2H4O2/c1-3-17-6-5-12-21-19(17)20(23)22-13-11-16-7-9-18(10-8-16)25-15-14-24-4-2;1-2(3)4/h5-10,12H,3-4,11,13-15H2,1-2H3,(H,22,23);1H3,(H,3,4). The summed E-state index contributed by atoms with van der Waals surface area (Å²) in [6, 6.07) is 11.7. The molecule has 2 aromatic rings. The molecular weight excluding hydrogens is 372 g/mol. The highest BCUT2D eigenvalue weighted by atomic mass is 16.5. The summed E-state index contributed by atoms with van der Waals surface area (Å²) in [5.74, 6) is -0.123. The minimum Gasteiger partial charge on any atom is -0.491 e. The van der Waals surface area contributed by atoms with E-state index in [0.717, 1.165) is 36.6 Å². The van der Waals surface area contributed by atoms with E-state index in [9.17, 15) is 4.79 Å². The quantitative estimate of drug-likeness (QED) is 0.593. The number of carbonyl (C=O) groups excluding carboxylic acids is 1. The zero-order valence-electron chi connectivity index (χ0n) is 17.3. The maximum Gasteiger partial charge on any atom is 0.300 e. The van der Waals surface area contributed by atoms with Gasteiger partial charge in [-0.25, -0.2) is 0 Å². The topological polar surface area (TPSA) is 97.8 Å². The Labute approximate surface area is 172 Å². The number of nitrogens with zero attached hydrogens (tertiary/aromatic N) is 1. The number of carboxylic acid groups (broad SMARTS) is 1. The van der Waals surface area contributed by atoms with Crippen molar-refractivity contribution < 1.29 is 24.2 Å². The van der Waals surface area contributed by atoms with Crippen LogP contribution < -0.4 is 10.1 Å². The smallest absolute Gasteiger partial charge is 0.300 e. The molecule has 0 unspecified atom stereocenters. The van der Waals surface area contributed by atoms with Crippen LogP contribution in [0, 0.1) is 0 Å². The van der Waals surface area contributed by atoms with E-state index in [-0.39, 0.29) is 5.91 Å². The number of hydrogen-bond donors (Lipinski definition) is 2. The van der Waals surface area contributed by atoms with E-state index >= 15 is 0 Å². The predicted octanol–water partition coefficient (Wildman–Crippen LogP) is 3.12. The Morgan fingerprint density at radius 1 is 1.10 bits per heavy atom. The highest BCUT2D eigenvalue weighted by molar-refractivity contribution is 5.93. The number of amides is 1. The minimum absolute atomic E-state index is 0.117. The van der Waals surface area contributed by atoms with Gasteiger partial charge in [0.05, 0.1) is 6.61 Å². The first-order chi connectivity index (χ1) is 14.0. The van der Waals surface area contributed by atoms with Gasteiger partial charge in [0.1, 0.15) is 18.1 Å². The lowest BCUT2D eigenvalue weighted by atomic mass is 10.1. The van der Waals surface area contributed by atoms with Crippen molar-refractivity contribution in [3.8, 4) is 5.75 Å². The molecule has 7 nitrogen and oxygen atoms in total. The van der Waals surface area contributed by atoms with Gasteiger partial charge in [0.2, 0.25) is 0 Å². The molecule has 0 saturated carbocycles. The third-order valence-corrected chi connectivity index (χ3v) is 3.81. The second kappa shape index (κ2) is 14.1. The fourth-order valence-corrected chi connectivity index (χ4v) is 2.45.